The molecule has 0 amide bonds. The first-order chi connectivity index (χ1) is 5.85. The van der Waals surface area contributed by atoms with Gasteiger partial charge in [0, 0.05) is 0 Å². The van der Waals surface area contributed by atoms with Crippen molar-refractivity contribution in [1.82, 2.24) is 0 Å². The van der Waals surface area contributed by atoms with Crippen LogP contribution in [0.3, 0.4) is 0 Å². The summed E-state index contributed by atoms with van der Waals surface area (Å²) in [5.41, 5.74) is 1.19. The molecule has 0 fully saturated rings. The van der Waals surface area contributed by atoms with E-state index in [0.717, 1.165) is 0 Å². The average Bonchev–Trinajstić information content (AvgIpc) is 2.58. The molecule has 0 saturated heterocycles. The van der Waals surface area contributed by atoms with Crippen molar-refractivity contribution in [3.63, 3.8) is 0 Å². The van der Waals surface area contributed by atoms with E-state index in [1.165, 1.54) is 14.3 Å². The predicted octanol–water partition coefficient (Wildman–Crippen LogP) is 1.25. The van der Waals surface area contributed by atoms with Crippen LogP contribution in [0.5, 0.6) is 0 Å². The Hall–Kier alpha value is -1.10. The molecule has 0 aromatic heterocycles. The Labute approximate surface area is 77.9 Å². The van der Waals surface area contributed by atoms with Crippen LogP contribution in [0.15, 0.2) is 30.8 Å². The Morgan fingerprint density at radius 1 is 1.25 bits per heavy atom. The fraction of sp³-hybridized carbons (Fsp3) is 0. The third kappa shape index (κ3) is 5.67. The standard InChI is InChI=1S/C7H7.2CO.Ir/c1-2-7-5-3-4-6-7;2*1-2;/h2-6H,1H2;;;/q-1;;;. The molecule has 2 nitrogen and oxygen atoms in total. The summed E-state index contributed by atoms with van der Waals surface area (Å²) in [6.45, 7) is 3.60. The fourth-order valence-corrected chi connectivity index (χ4v) is 0.639. The summed E-state index contributed by atoms with van der Waals surface area (Å²) in [4.78, 5) is 18.1. The van der Waals surface area contributed by atoms with Gasteiger partial charge in [0.25, 0.3) is 0 Å². The van der Waals surface area contributed by atoms with E-state index >= 15 is 0 Å². The Morgan fingerprint density at radius 2 is 1.75 bits per heavy atom. The van der Waals surface area contributed by atoms with Crippen LogP contribution >= 0.6 is 0 Å². The molecule has 0 heterocycles. The molecule has 1 aromatic carbocycles. The predicted molar refractivity (Wildman–Crippen MR) is 43.5 cm³/mol. The van der Waals surface area contributed by atoms with Crippen LogP contribution in [0.1, 0.15) is 5.56 Å². The maximum absolute atomic E-state index is 9.07. The summed E-state index contributed by atoms with van der Waals surface area (Å²) in [7, 11) is 0. The summed E-state index contributed by atoms with van der Waals surface area (Å²) >= 11 is -1.08. The zero-order chi connectivity index (χ0) is 9.23. The summed E-state index contributed by atoms with van der Waals surface area (Å²) in [6, 6.07) is 8.04. The molecule has 0 aliphatic rings. The van der Waals surface area contributed by atoms with E-state index < -0.39 is 16.8 Å². The minimum absolute atomic E-state index is 1.08. The third-order valence-electron chi connectivity index (χ3n) is 0.992. The van der Waals surface area contributed by atoms with Crippen LogP contribution in [0.4, 0.5) is 0 Å². The summed E-state index contributed by atoms with van der Waals surface area (Å²) < 4.78 is 2.94. The number of rotatable bonds is 1. The zero-order valence-corrected chi connectivity index (χ0v) is 8.64. The third-order valence-corrected chi connectivity index (χ3v) is 1.48. The molecule has 0 bridgehead atoms. The van der Waals surface area contributed by atoms with E-state index in [1.54, 1.807) is 0 Å². The van der Waals surface area contributed by atoms with Crippen LogP contribution < -0.4 is 0 Å². The fourth-order valence-electron chi connectivity index (χ4n) is 0.539. The Morgan fingerprint density at radius 3 is 1.92 bits per heavy atom. The van der Waals surface area contributed by atoms with Gasteiger partial charge in [0.2, 0.25) is 0 Å². The first-order valence-electron chi connectivity index (χ1n) is 3.02. The van der Waals surface area contributed by atoms with Gasteiger partial charge in [0.15, 0.2) is 0 Å². The summed E-state index contributed by atoms with van der Waals surface area (Å²) in [6.07, 6.45) is 1.83. The van der Waals surface area contributed by atoms with Gasteiger partial charge in [-0.1, -0.05) is 0 Å². The molecule has 65 valence electrons. The van der Waals surface area contributed by atoms with Crippen molar-refractivity contribution >= 4 is 14.9 Å². The Bertz CT molecular complexity index is 309. The van der Waals surface area contributed by atoms with Gasteiger partial charge in [-0.05, 0) is 0 Å². The van der Waals surface area contributed by atoms with Gasteiger partial charge in [0.1, 0.15) is 0 Å². The van der Waals surface area contributed by atoms with Crippen LogP contribution in [0.25, 0.3) is 6.08 Å². The Kier molecular flexibility index (Phi) is 7.27. The van der Waals surface area contributed by atoms with E-state index in [0.29, 0.717) is 0 Å². The second-order valence-electron chi connectivity index (χ2n) is 1.64. The van der Waals surface area contributed by atoms with Gasteiger partial charge in [0.05, 0.1) is 0 Å². The van der Waals surface area contributed by atoms with E-state index in [4.69, 9.17) is 9.59 Å². The molecule has 0 N–H and O–H groups in total. The monoisotopic (exact) mass is 340 g/mol. The van der Waals surface area contributed by atoms with Crippen molar-refractivity contribution < 1.29 is 26.4 Å². The van der Waals surface area contributed by atoms with E-state index in [9.17, 15) is 0 Å². The zero-order valence-electron chi connectivity index (χ0n) is 6.24. The molecule has 0 aliphatic carbocycles. The second-order valence-corrected chi connectivity index (χ2v) is 3.22. The molecule has 0 radical (unpaired) electrons. The van der Waals surface area contributed by atoms with Crippen LogP contribution in [0.2, 0.25) is 0 Å². The number of hydrogen-bond donors (Lipinski definition) is 0. The van der Waals surface area contributed by atoms with Crippen molar-refractivity contribution in [2.45, 2.75) is 0 Å². The van der Waals surface area contributed by atoms with E-state index in [1.807, 2.05) is 30.3 Å². The van der Waals surface area contributed by atoms with Gasteiger partial charge in [-0.3, -0.25) is 0 Å². The maximum atomic E-state index is 9.07. The van der Waals surface area contributed by atoms with Gasteiger partial charge >= 0.3 is 35.2 Å². The van der Waals surface area contributed by atoms with Crippen LogP contribution in [-0.4, -0.2) is 8.79 Å². The molecular weight excluding hydrogens is 332 g/mol. The molecule has 12 heavy (non-hydrogen) atoms. The van der Waals surface area contributed by atoms with Gasteiger partial charge < -0.3 is 0 Å². The van der Waals surface area contributed by atoms with Gasteiger partial charge in [-0.25, -0.2) is 0 Å². The number of hydrogen-bond acceptors (Lipinski definition) is 2. The van der Waals surface area contributed by atoms with Crippen molar-refractivity contribution in [2.24, 2.45) is 0 Å². The van der Waals surface area contributed by atoms with Gasteiger partial charge in [-0.15, -0.1) is 23.8 Å². The SMILES string of the molecule is C=C[c-]1cccc1.O=[C]=[Ir]=[C]=O. The van der Waals surface area contributed by atoms with Crippen molar-refractivity contribution in [3.05, 3.63) is 36.4 Å². The molecule has 1 aromatic rings. The first-order valence-corrected chi connectivity index (χ1v) is 5.41. The minimum atomic E-state index is -1.08. The normalized spacial score (nSPS) is 7.00. The topological polar surface area (TPSA) is 34.1 Å². The van der Waals surface area contributed by atoms with E-state index in [2.05, 4.69) is 6.58 Å². The van der Waals surface area contributed by atoms with Crippen LogP contribution in [0, 0.1) is 0 Å². The number of carbonyl (C=O) groups excluding carboxylic acids is 2. The van der Waals surface area contributed by atoms with Gasteiger partial charge in [-0.2, -0.15) is 18.7 Å². The molecular formula is C9H7IrO2-. The molecule has 0 unspecified atom stereocenters. The first kappa shape index (κ1) is 10.9. The molecule has 0 aliphatic heterocycles. The van der Waals surface area contributed by atoms with Crippen molar-refractivity contribution in [2.75, 3.05) is 0 Å². The Balaban J connectivity index is 0.000000217. The molecule has 3 heteroatoms. The molecule has 0 spiro atoms. The second kappa shape index (κ2) is 8.00. The molecule has 0 atom stereocenters. The summed E-state index contributed by atoms with van der Waals surface area (Å²) in [5.74, 6) is 0. The van der Waals surface area contributed by atoms with Crippen molar-refractivity contribution in [1.29, 1.82) is 0 Å². The van der Waals surface area contributed by atoms with Crippen LogP contribution in [-0.2, 0) is 26.4 Å². The molecule has 0 saturated carbocycles. The quantitative estimate of drug-likeness (QED) is 0.722. The average molecular weight is 339 g/mol. The summed E-state index contributed by atoms with van der Waals surface area (Å²) in [5, 5.41) is 0. The van der Waals surface area contributed by atoms with Crippen molar-refractivity contribution in [3.8, 4) is 0 Å². The molecule has 1 rings (SSSR count). The van der Waals surface area contributed by atoms with E-state index in [-0.39, 0.29) is 0 Å².